The van der Waals surface area contributed by atoms with Gasteiger partial charge in [-0.3, -0.25) is 4.99 Å². The first-order valence-electron chi connectivity index (χ1n) is 7.38. The smallest absolute Gasteiger partial charge is 0.0275 e. The molecular formula is C18H13N4Tl. The Labute approximate surface area is 146 Å². The quantitative estimate of drug-likeness (QED) is 0.608. The molecule has 5 heteroatoms. The van der Waals surface area contributed by atoms with E-state index in [9.17, 15) is 0 Å². The van der Waals surface area contributed by atoms with E-state index in [2.05, 4.69) is 33.8 Å². The fraction of sp³-hybridized carbons (Fsp3) is 0. The molecule has 4 nitrogen and oxygen atoms in total. The van der Waals surface area contributed by atoms with Crippen LogP contribution in [0.2, 0.25) is 0 Å². The van der Waals surface area contributed by atoms with Crippen LogP contribution in [0.1, 0.15) is 0 Å². The van der Waals surface area contributed by atoms with Crippen molar-refractivity contribution in [3.8, 4) is 0 Å². The molecule has 0 spiro atoms. The van der Waals surface area contributed by atoms with Gasteiger partial charge in [-0.05, 0) is 12.2 Å². The summed E-state index contributed by atoms with van der Waals surface area (Å²) >= 11 is -0.792. The Balaban J connectivity index is 1.49. The molecule has 0 saturated heterocycles. The predicted octanol–water partition coefficient (Wildman–Crippen LogP) is 2.21. The van der Waals surface area contributed by atoms with E-state index in [1.165, 1.54) is 5.70 Å². The Kier molecular flexibility index (Phi) is 4.06. The van der Waals surface area contributed by atoms with Gasteiger partial charge in [-0.25, -0.2) is 0 Å². The first kappa shape index (κ1) is 14.4. The minimum Gasteiger partial charge on any atom is -0.257 e. The summed E-state index contributed by atoms with van der Waals surface area (Å²) in [6.45, 7) is 0. The number of hydrogen-bond donors (Lipinski definition) is 1. The third-order valence-corrected chi connectivity index (χ3v) is 6.90. The Bertz CT molecular complexity index is 870. The number of hydrogen-bond acceptors (Lipinski definition) is 4. The summed E-state index contributed by atoms with van der Waals surface area (Å²) in [4.78, 5) is 13.4. The second-order valence-electron chi connectivity index (χ2n) is 5.21. The van der Waals surface area contributed by atoms with E-state index in [4.69, 9.17) is 0 Å². The molecule has 4 aliphatic heterocycles. The van der Waals surface area contributed by atoms with Gasteiger partial charge in [0, 0.05) is 6.21 Å². The van der Waals surface area contributed by atoms with Gasteiger partial charge in [0.1, 0.15) is 0 Å². The van der Waals surface area contributed by atoms with Crippen LogP contribution in [0.4, 0.5) is 0 Å². The molecule has 0 atom stereocenters. The summed E-state index contributed by atoms with van der Waals surface area (Å²) in [5.41, 5.74) is 5.85. The number of aliphatic imine (C=N–C) groups is 3. The summed E-state index contributed by atoms with van der Waals surface area (Å²) in [7, 11) is 0. The molecule has 1 N–H and O–H groups in total. The van der Waals surface area contributed by atoms with Crippen LogP contribution >= 0.6 is 0 Å². The van der Waals surface area contributed by atoms with E-state index in [-0.39, 0.29) is 0 Å². The van der Waals surface area contributed by atoms with Crippen LogP contribution in [0, 0.1) is 0 Å². The van der Waals surface area contributed by atoms with E-state index < -0.39 is 24.0 Å². The Hall–Kier alpha value is -2.22. The van der Waals surface area contributed by atoms with Crippen molar-refractivity contribution in [1.82, 2.24) is 3.13 Å². The number of rotatable bonds is 3. The molecule has 0 aromatic carbocycles. The van der Waals surface area contributed by atoms with Gasteiger partial charge in [-0.15, -0.1) is 0 Å². The maximum absolute atomic E-state index is 4.61. The average molecular weight is 490 g/mol. The summed E-state index contributed by atoms with van der Waals surface area (Å²) in [5, 5.41) is 0. The first-order valence-corrected chi connectivity index (χ1v) is 12.2. The molecule has 4 aliphatic rings. The normalized spacial score (nSPS) is 25.6. The van der Waals surface area contributed by atoms with Gasteiger partial charge < -0.3 is 0 Å². The van der Waals surface area contributed by atoms with E-state index in [1.54, 1.807) is 6.21 Å². The zero-order valence-corrected chi connectivity index (χ0v) is 16.8. The van der Waals surface area contributed by atoms with Crippen molar-refractivity contribution in [2.45, 2.75) is 0 Å². The molecule has 0 aliphatic carbocycles. The zero-order chi connectivity index (χ0) is 15.5. The Morgan fingerprint density at radius 1 is 0.826 bits per heavy atom. The van der Waals surface area contributed by atoms with Crippen molar-refractivity contribution in [3.05, 3.63) is 83.5 Å². The Morgan fingerprint density at radius 2 is 1.57 bits per heavy atom. The average Bonchev–Trinajstić information content (AvgIpc) is 3.31. The summed E-state index contributed by atoms with van der Waals surface area (Å²) < 4.78 is 5.77. The second-order valence-corrected chi connectivity index (χ2v) is 9.12. The first-order chi connectivity index (χ1) is 11.3. The molecule has 0 bridgehead atoms. The topological polar surface area (TPSA) is 49.1 Å². The fourth-order valence-corrected chi connectivity index (χ4v) is 5.41. The van der Waals surface area contributed by atoms with Crippen molar-refractivity contribution in [2.24, 2.45) is 15.0 Å². The van der Waals surface area contributed by atoms with Gasteiger partial charge in [-0.2, -0.15) is 0 Å². The van der Waals surface area contributed by atoms with Crippen molar-refractivity contribution in [1.29, 1.82) is 0 Å². The van der Waals surface area contributed by atoms with Crippen LogP contribution < -0.4 is 3.13 Å². The SMILES string of the molecule is C1=CC(=CC2=NC(=CC3=NC(=CC4=C[CH]=[Tl][NH]4)C=C3)C=C2)N=C1. The van der Waals surface area contributed by atoms with Gasteiger partial charge in [-0.1, -0.05) is 0 Å². The van der Waals surface area contributed by atoms with Gasteiger partial charge in [0.15, 0.2) is 0 Å². The predicted molar refractivity (Wildman–Crippen MR) is 98.1 cm³/mol. The van der Waals surface area contributed by atoms with Crippen LogP contribution in [0.25, 0.3) is 0 Å². The Morgan fingerprint density at radius 3 is 2.22 bits per heavy atom. The van der Waals surface area contributed by atoms with Crippen molar-refractivity contribution >= 4 is 45.2 Å². The second kappa shape index (κ2) is 6.49. The van der Waals surface area contributed by atoms with Crippen LogP contribution in [0.15, 0.2) is 98.5 Å². The zero-order valence-electron chi connectivity index (χ0n) is 12.3. The van der Waals surface area contributed by atoms with Crippen molar-refractivity contribution in [2.75, 3.05) is 0 Å². The summed E-state index contributed by atoms with van der Waals surface area (Å²) in [5.74, 6) is 0. The van der Waals surface area contributed by atoms with Crippen molar-refractivity contribution in [3.63, 3.8) is 0 Å². The van der Waals surface area contributed by atoms with Crippen LogP contribution in [0.3, 0.4) is 0 Å². The van der Waals surface area contributed by atoms with Crippen LogP contribution in [0.5, 0.6) is 0 Å². The third kappa shape index (κ3) is 3.58. The molecular weight excluding hydrogens is 477 g/mol. The van der Waals surface area contributed by atoms with Crippen molar-refractivity contribution < 1.29 is 0 Å². The maximum atomic E-state index is 4.61. The van der Waals surface area contributed by atoms with Gasteiger partial charge in [0.25, 0.3) is 0 Å². The monoisotopic (exact) mass is 490 g/mol. The molecule has 0 unspecified atom stereocenters. The minimum absolute atomic E-state index is 0.792. The van der Waals surface area contributed by atoms with E-state index in [1.807, 2.05) is 48.6 Å². The van der Waals surface area contributed by atoms with Crippen LogP contribution in [-0.2, 0) is 0 Å². The van der Waals surface area contributed by atoms with Crippen LogP contribution in [-0.4, -0.2) is 45.2 Å². The molecule has 4 heterocycles. The summed E-state index contributed by atoms with van der Waals surface area (Å²) in [6.07, 6.45) is 21.9. The van der Waals surface area contributed by atoms with E-state index in [0.29, 0.717) is 0 Å². The third-order valence-electron chi connectivity index (χ3n) is 3.46. The summed E-state index contributed by atoms with van der Waals surface area (Å²) in [6, 6.07) is 0. The van der Waals surface area contributed by atoms with Gasteiger partial charge in [0.2, 0.25) is 0 Å². The number of allylic oxidation sites excluding steroid dienone is 10. The number of nitrogens with zero attached hydrogens (tertiary/aromatic N) is 3. The standard InChI is InChI=1S/C18H13N4.Tl/c1-2-13(19)10-15-5-6-17(21-15)12-18-8-7-16(22-18)11-14-4-3-9-20-14;/h1-12,19H;/q-1;+1. The molecule has 0 fully saturated rings. The molecule has 0 radical (unpaired) electrons. The molecule has 0 aromatic heterocycles. The van der Waals surface area contributed by atoms with E-state index >= 15 is 0 Å². The van der Waals surface area contributed by atoms with Gasteiger partial charge >= 0.3 is 124 Å². The van der Waals surface area contributed by atoms with Gasteiger partial charge in [0.05, 0.1) is 0 Å². The molecule has 0 saturated carbocycles. The molecule has 108 valence electrons. The number of nitrogens with one attached hydrogen (secondary N) is 1. The largest absolute Gasteiger partial charge is 0.257 e. The maximum Gasteiger partial charge on any atom is 0.0275 e. The minimum atomic E-state index is -0.792. The molecule has 0 aromatic rings. The fourth-order valence-electron chi connectivity index (χ4n) is 2.41. The molecule has 0 amide bonds. The molecule has 4 rings (SSSR count). The molecule has 23 heavy (non-hydrogen) atoms. The van der Waals surface area contributed by atoms with E-state index in [0.717, 1.165) is 28.5 Å².